The summed E-state index contributed by atoms with van der Waals surface area (Å²) in [5.41, 5.74) is 1.97. The van der Waals surface area contributed by atoms with Crippen LogP contribution in [0, 0.1) is 11.8 Å². The molecule has 6 rings (SSSR count). The van der Waals surface area contributed by atoms with Crippen LogP contribution in [0.1, 0.15) is 56.1 Å². The van der Waals surface area contributed by atoms with Crippen LogP contribution in [-0.4, -0.2) is 84.1 Å². The van der Waals surface area contributed by atoms with Crippen LogP contribution >= 0.6 is 31.9 Å². The highest BCUT2D eigenvalue weighted by molar-refractivity contribution is 9.11. The molecule has 2 aromatic rings. The van der Waals surface area contributed by atoms with Crippen LogP contribution in [0.5, 0.6) is 0 Å². The largest absolute Gasteiger partial charge is 0.444 e. The molecule has 3 fully saturated rings. The van der Waals surface area contributed by atoms with Gasteiger partial charge in [0.1, 0.15) is 18.6 Å². The van der Waals surface area contributed by atoms with E-state index < -0.39 is 11.8 Å². The number of halogens is 2. The summed E-state index contributed by atoms with van der Waals surface area (Å²) in [5.74, 6) is 1.38. The lowest BCUT2D eigenvalue weighted by atomic mass is 9.77. The lowest BCUT2D eigenvalue weighted by molar-refractivity contribution is -0.128. The zero-order valence-corrected chi connectivity index (χ0v) is 28.9. The molecule has 4 aliphatic heterocycles. The van der Waals surface area contributed by atoms with E-state index in [1.165, 1.54) is 12.8 Å². The maximum atomic E-state index is 14.0. The fourth-order valence-electron chi connectivity index (χ4n) is 8.12. The second kappa shape index (κ2) is 14.5. The number of carbonyl (C=O) groups is 3. The molecule has 4 aliphatic rings. The van der Waals surface area contributed by atoms with Crippen LogP contribution < -0.4 is 10.6 Å². The quantitative estimate of drug-likeness (QED) is 0.319. The number of rotatable bonds is 7. The van der Waals surface area contributed by atoms with E-state index in [0.29, 0.717) is 31.8 Å². The SMILES string of the molecule is O=CC[C@@]1(N2CCC(C3CCNCC3)CC2)C[C@H](N2CCc3ccccc3NC2=O)CCN1C(=O)OCc1cc(Br)cc(Br)c1. The summed E-state index contributed by atoms with van der Waals surface area (Å²) in [4.78, 5) is 46.2. The first kappa shape index (κ1) is 32.5. The molecule has 0 aliphatic carbocycles. The van der Waals surface area contributed by atoms with Gasteiger partial charge in [-0.3, -0.25) is 9.80 Å². The average Bonchev–Trinajstić information content (AvgIpc) is 3.22. The summed E-state index contributed by atoms with van der Waals surface area (Å²) >= 11 is 7.04. The van der Waals surface area contributed by atoms with Crippen molar-refractivity contribution in [2.75, 3.05) is 44.6 Å². The highest BCUT2D eigenvalue weighted by Crippen LogP contribution is 2.41. The standard InChI is InChI=1S/C34H43Br2N5O4/c35-28-19-24(20-29(36)21-28)23-45-33(44)41-17-10-30(40-16-9-27-3-1-2-4-31(27)38-32(40)43)22-34(41,11-18-42)39-14-7-26(8-15-39)25-5-12-37-13-6-25/h1-4,18-21,25-26,30,37H,5-17,22-23H2,(H,38,43)/t30-,34+/m1/s1. The maximum Gasteiger partial charge on any atom is 0.411 e. The number of likely N-dealkylation sites (tertiary alicyclic amines) is 2. The van der Waals surface area contributed by atoms with Gasteiger partial charge in [-0.05, 0) is 98.8 Å². The first-order valence-electron chi connectivity index (χ1n) is 16.3. The molecule has 0 aromatic heterocycles. The van der Waals surface area contributed by atoms with Gasteiger partial charge in [-0.25, -0.2) is 9.59 Å². The van der Waals surface area contributed by atoms with Gasteiger partial charge in [0.2, 0.25) is 0 Å². The summed E-state index contributed by atoms with van der Waals surface area (Å²) in [5, 5.41) is 6.60. The molecule has 0 unspecified atom stereocenters. The fraction of sp³-hybridized carbons (Fsp3) is 0.559. The van der Waals surface area contributed by atoms with Crippen molar-refractivity contribution < 1.29 is 19.1 Å². The summed E-state index contributed by atoms with van der Waals surface area (Å²) in [6.07, 6.45) is 7.10. The Labute approximate surface area is 282 Å². The molecule has 2 atom stereocenters. The van der Waals surface area contributed by atoms with Gasteiger partial charge < -0.3 is 25.1 Å². The van der Waals surface area contributed by atoms with Gasteiger partial charge in [-0.15, -0.1) is 0 Å². The van der Waals surface area contributed by atoms with E-state index in [9.17, 15) is 14.4 Å². The number of piperidine rings is 3. The lowest BCUT2D eigenvalue weighted by Crippen LogP contribution is -2.69. The van der Waals surface area contributed by atoms with Gasteiger partial charge >= 0.3 is 12.1 Å². The van der Waals surface area contributed by atoms with E-state index in [4.69, 9.17) is 4.74 Å². The molecular formula is C34H43Br2N5O4. The van der Waals surface area contributed by atoms with Crippen molar-refractivity contribution in [1.29, 1.82) is 0 Å². The Morgan fingerprint density at radius 3 is 2.40 bits per heavy atom. The number of hydrogen-bond acceptors (Lipinski definition) is 6. The third-order valence-electron chi connectivity index (χ3n) is 10.4. The van der Waals surface area contributed by atoms with Crippen molar-refractivity contribution in [3.05, 3.63) is 62.5 Å². The molecule has 242 valence electrons. The molecule has 3 amide bonds. The third-order valence-corrected chi connectivity index (χ3v) is 11.3. The van der Waals surface area contributed by atoms with Crippen LogP contribution in [0.3, 0.4) is 0 Å². The molecule has 11 heteroatoms. The Bertz CT molecular complexity index is 1360. The Balaban J connectivity index is 1.24. The number of ether oxygens (including phenoxy) is 1. The molecule has 0 radical (unpaired) electrons. The Morgan fingerprint density at radius 1 is 0.956 bits per heavy atom. The molecule has 4 heterocycles. The van der Waals surface area contributed by atoms with Crippen LogP contribution in [0.2, 0.25) is 0 Å². The second-order valence-electron chi connectivity index (χ2n) is 12.9. The Kier molecular flexibility index (Phi) is 10.5. The number of carbonyl (C=O) groups excluding carboxylic acids is 3. The predicted molar refractivity (Wildman–Crippen MR) is 181 cm³/mol. The van der Waals surface area contributed by atoms with Crippen LogP contribution in [0.4, 0.5) is 15.3 Å². The summed E-state index contributed by atoms with van der Waals surface area (Å²) < 4.78 is 7.75. The van der Waals surface area contributed by atoms with Crippen LogP contribution in [0.15, 0.2) is 51.4 Å². The van der Waals surface area contributed by atoms with E-state index in [1.807, 2.05) is 41.3 Å². The van der Waals surface area contributed by atoms with Gasteiger partial charge in [0.05, 0.1) is 0 Å². The molecule has 45 heavy (non-hydrogen) atoms. The molecule has 9 nitrogen and oxygen atoms in total. The molecule has 3 saturated heterocycles. The Hall–Kier alpha value is -2.47. The third kappa shape index (κ3) is 7.26. The number of amides is 3. The number of nitrogens with one attached hydrogen (secondary N) is 2. The van der Waals surface area contributed by atoms with Crippen molar-refractivity contribution in [2.24, 2.45) is 11.8 Å². The average molecular weight is 746 g/mol. The van der Waals surface area contributed by atoms with Crippen molar-refractivity contribution >= 4 is 56.0 Å². The zero-order valence-electron chi connectivity index (χ0n) is 25.7. The predicted octanol–water partition coefficient (Wildman–Crippen LogP) is 6.40. The van der Waals surface area contributed by atoms with Crippen molar-refractivity contribution in [3.8, 4) is 0 Å². The molecular weight excluding hydrogens is 702 g/mol. The number of benzene rings is 2. The molecule has 2 N–H and O–H groups in total. The first-order valence-corrected chi connectivity index (χ1v) is 17.9. The van der Waals surface area contributed by atoms with Gasteiger partial charge in [0.15, 0.2) is 0 Å². The lowest BCUT2D eigenvalue weighted by Gasteiger charge is -2.56. The number of anilines is 1. The number of fused-ring (bicyclic) bond motifs is 1. The van der Waals surface area contributed by atoms with Crippen molar-refractivity contribution in [3.63, 3.8) is 0 Å². The number of urea groups is 1. The van der Waals surface area contributed by atoms with Crippen molar-refractivity contribution in [2.45, 2.75) is 69.7 Å². The highest BCUT2D eigenvalue weighted by Gasteiger charge is 2.52. The zero-order chi connectivity index (χ0) is 31.4. The smallest absolute Gasteiger partial charge is 0.411 e. The molecule has 0 spiro atoms. The summed E-state index contributed by atoms with van der Waals surface area (Å²) in [6, 6.07) is 13.5. The summed E-state index contributed by atoms with van der Waals surface area (Å²) in [6.45, 7) is 4.91. The van der Waals surface area contributed by atoms with E-state index in [1.54, 1.807) is 4.90 Å². The fourth-order valence-corrected chi connectivity index (χ4v) is 9.51. The molecule has 0 saturated carbocycles. The number of hydrogen-bond donors (Lipinski definition) is 2. The monoisotopic (exact) mass is 743 g/mol. The minimum atomic E-state index is -0.863. The number of para-hydroxylation sites is 1. The minimum Gasteiger partial charge on any atom is -0.444 e. The van der Waals surface area contributed by atoms with Crippen molar-refractivity contribution in [1.82, 2.24) is 20.0 Å². The topological polar surface area (TPSA) is 94.2 Å². The minimum absolute atomic E-state index is 0.119. The molecule has 0 bridgehead atoms. The van der Waals surface area contributed by atoms with Gasteiger partial charge in [-0.2, -0.15) is 0 Å². The molecule has 2 aromatic carbocycles. The first-order chi connectivity index (χ1) is 21.9. The summed E-state index contributed by atoms with van der Waals surface area (Å²) in [7, 11) is 0. The number of aldehydes is 1. The Morgan fingerprint density at radius 2 is 1.67 bits per heavy atom. The van der Waals surface area contributed by atoms with Crippen LogP contribution in [-0.2, 0) is 22.6 Å². The van der Waals surface area contributed by atoms with E-state index in [0.717, 1.165) is 83.4 Å². The normalized spacial score (nSPS) is 25.3. The number of nitrogens with zero attached hydrogens (tertiary/aromatic N) is 3. The van der Waals surface area contributed by atoms with Gasteiger partial charge in [-0.1, -0.05) is 50.1 Å². The van der Waals surface area contributed by atoms with Gasteiger partial charge in [0, 0.05) is 59.7 Å². The maximum absolute atomic E-state index is 14.0. The van der Waals surface area contributed by atoms with E-state index in [2.05, 4.69) is 53.5 Å². The van der Waals surface area contributed by atoms with E-state index >= 15 is 0 Å². The van der Waals surface area contributed by atoms with E-state index in [-0.39, 0.29) is 25.1 Å². The van der Waals surface area contributed by atoms with Crippen LogP contribution in [0.25, 0.3) is 0 Å². The highest BCUT2D eigenvalue weighted by atomic mass is 79.9. The second-order valence-corrected chi connectivity index (χ2v) is 14.8. The van der Waals surface area contributed by atoms with Gasteiger partial charge in [0.25, 0.3) is 0 Å².